The van der Waals surface area contributed by atoms with Gasteiger partial charge in [0.05, 0.1) is 11.1 Å². The van der Waals surface area contributed by atoms with Crippen LogP contribution in [0.1, 0.15) is 33.9 Å². The highest BCUT2D eigenvalue weighted by Gasteiger charge is 2.43. The van der Waals surface area contributed by atoms with E-state index in [4.69, 9.17) is 19.9 Å². The molecule has 2 aromatic carbocycles. The molecule has 184 valence electrons. The van der Waals surface area contributed by atoms with Crippen molar-refractivity contribution in [1.82, 2.24) is 9.55 Å². The monoisotopic (exact) mass is 487 g/mol. The van der Waals surface area contributed by atoms with Crippen molar-refractivity contribution < 1.29 is 32.6 Å². The second-order valence-corrected chi connectivity index (χ2v) is 7.42. The third kappa shape index (κ3) is 6.70. The van der Waals surface area contributed by atoms with Crippen LogP contribution in [-0.2, 0) is 14.2 Å². The van der Waals surface area contributed by atoms with Crippen LogP contribution in [-0.4, -0.2) is 46.7 Å². The SMILES string of the molecule is C[C@H](F)[C@@](F)(COC(=O)c1ccccc1)O[C@H](COC(=O)c1ccccc1)n1ccc(N)nc1=O. The molecular formula is C24H23F2N3O6. The van der Waals surface area contributed by atoms with Gasteiger partial charge in [-0.2, -0.15) is 4.98 Å². The van der Waals surface area contributed by atoms with Gasteiger partial charge in [-0.3, -0.25) is 4.57 Å². The molecule has 0 fully saturated rings. The fourth-order valence-corrected chi connectivity index (χ4v) is 2.91. The highest BCUT2D eigenvalue weighted by atomic mass is 19.2. The predicted molar refractivity (Wildman–Crippen MR) is 121 cm³/mol. The van der Waals surface area contributed by atoms with Gasteiger partial charge < -0.3 is 19.9 Å². The van der Waals surface area contributed by atoms with Crippen molar-refractivity contribution in [2.75, 3.05) is 18.9 Å². The van der Waals surface area contributed by atoms with Gasteiger partial charge in [0.15, 0.2) is 19.0 Å². The number of benzene rings is 2. The summed E-state index contributed by atoms with van der Waals surface area (Å²) < 4.78 is 46.1. The number of alkyl halides is 2. The van der Waals surface area contributed by atoms with E-state index >= 15 is 4.39 Å². The number of carbonyl (C=O) groups excluding carboxylic acids is 2. The molecule has 0 bridgehead atoms. The first-order valence-electron chi connectivity index (χ1n) is 10.5. The van der Waals surface area contributed by atoms with E-state index in [1.807, 2.05) is 0 Å². The molecule has 3 rings (SSSR count). The molecule has 3 atom stereocenters. The number of esters is 2. The third-order valence-corrected chi connectivity index (χ3v) is 4.86. The summed E-state index contributed by atoms with van der Waals surface area (Å²) in [5.41, 5.74) is 4.85. The van der Waals surface area contributed by atoms with Crippen LogP contribution in [0, 0.1) is 0 Å². The van der Waals surface area contributed by atoms with Gasteiger partial charge >= 0.3 is 17.6 Å². The van der Waals surface area contributed by atoms with E-state index in [1.54, 1.807) is 36.4 Å². The topological polar surface area (TPSA) is 123 Å². The van der Waals surface area contributed by atoms with Gasteiger partial charge in [0.2, 0.25) is 0 Å². The molecule has 0 radical (unpaired) electrons. The number of nitrogens with zero attached hydrogens (tertiary/aromatic N) is 2. The predicted octanol–water partition coefficient (Wildman–Crippen LogP) is 3.08. The molecule has 0 aliphatic heterocycles. The minimum absolute atomic E-state index is 0.117. The lowest BCUT2D eigenvalue weighted by Gasteiger charge is -2.31. The Morgan fingerprint density at radius 1 is 1.00 bits per heavy atom. The van der Waals surface area contributed by atoms with Gasteiger partial charge in [0.1, 0.15) is 12.4 Å². The average Bonchev–Trinajstić information content (AvgIpc) is 2.86. The first-order valence-corrected chi connectivity index (χ1v) is 10.5. The first-order chi connectivity index (χ1) is 16.7. The van der Waals surface area contributed by atoms with Crippen molar-refractivity contribution in [3.8, 4) is 0 Å². The van der Waals surface area contributed by atoms with Crippen LogP contribution in [0.25, 0.3) is 0 Å². The lowest BCUT2D eigenvalue weighted by Crippen LogP contribution is -2.46. The number of hydrogen-bond donors (Lipinski definition) is 1. The minimum Gasteiger partial charge on any atom is -0.457 e. The Hall–Kier alpha value is -4.12. The molecule has 2 N–H and O–H groups in total. The fraction of sp³-hybridized carbons (Fsp3) is 0.250. The lowest BCUT2D eigenvalue weighted by molar-refractivity contribution is -0.254. The van der Waals surface area contributed by atoms with Crippen molar-refractivity contribution in [3.63, 3.8) is 0 Å². The molecule has 0 saturated carbocycles. The molecule has 35 heavy (non-hydrogen) atoms. The van der Waals surface area contributed by atoms with Gasteiger partial charge in [-0.25, -0.2) is 23.2 Å². The van der Waals surface area contributed by atoms with Crippen LogP contribution in [0.15, 0.2) is 77.7 Å². The minimum atomic E-state index is -3.20. The highest BCUT2D eigenvalue weighted by molar-refractivity contribution is 5.89. The molecule has 0 saturated heterocycles. The van der Waals surface area contributed by atoms with Crippen LogP contribution in [0.3, 0.4) is 0 Å². The Balaban J connectivity index is 1.82. The quantitative estimate of drug-likeness (QED) is 0.433. The Morgan fingerprint density at radius 2 is 1.54 bits per heavy atom. The van der Waals surface area contributed by atoms with Gasteiger partial charge in [0, 0.05) is 6.20 Å². The molecular weight excluding hydrogens is 464 g/mol. The van der Waals surface area contributed by atoms with Gasteiger partial charge in [0.25, 0.3) is 5.85 Å². The van der Waals surface area contributed by atoms with Gasteiger partial charge in [-0.15, -0.1) is 0 Å². The highest BCUT2D eigenvalue weighted by Crippen LogP contribution is 2.28. The smallest absolute Gasteiger partial charge is 0.351 e. The summed E-state index contributed by atoms with van der Waals surface area (Å²) in [4.78, 5) is 40.5. The van der Waals surface area contributed by atoms with E-state index < -0.39 is 49.1 Å². The summed E-state index contributed by atoms with van der Waals surface area (Å²) in [6.07, 6.45) is -2.84. The number of carbonyl (C=O) groups is 2. The Kier molecular flexibility index (Phi) is 8.26. The van der Waals surface area contributed by atoms with Crippen LogP contribution < -0.4 is 11.4 Å². The number of hydrogen-bond acceptors (Lipinski definition) is 8. The molecule has 0 amide bonds. The van der Waals surface area contributed by atoms with E-state index in [9.17, 15) is 18.8 Å². The number of nitrogens with two attached hydrogens (primary N) is 1. The average molecular weight is 487 g/mol. The number of nitrogen functional groups attached to an aromatic ring is 1. The summed E-state index contributed by atoms with van der Waals surface area (Å²) in [5, 5.41) is 0. The number of anilines is 1. The van der Waals surface area contributed by atoms with E-state index in [1.165, 1.54) is 30.3 Å². The number of halogens is 2. The maximum Gasteiger partial charge on any atom is 0.351 e. The molecule has 0 aliphatic rings. The van der Waals surface area contributed by atoms with Crippen molar-refractivity contribution in [1.29, 1.82) is 0 Å². The maximum absolute atomic E-state index is 15.6. The molecule has 11 heteroatoms. The summed E-state index contributed by atoms with van der Waals surface area (Å²) in [6.45, 7) is -0.976. The van der Waals surface area contributed by atoms with Crippen LogP contribution in [0.5, 0.6) is 0 Å². The number of ether oxygens (including phenoxy) is 3. The zero-order valence-electron chi connectivity index (χ0n) is 18.7. The maximum atomic E-state index is 15.6. The molecule has 0 aliphatic carbocycles. The lowest BCUT2D eigenvalue weighted by atomic mass is 10.2. The number of aromatic nitrogens is 2. The third-order valence-electron chi connectivity index (χ3n) is 4.86. The van der Waals surface area contributed by atoms with Crippen molar-refractivity contribution in [2.45, 2.75) is 25.2 Å². The van der Waals surface area contributed by atoms with Crippen LogP contribution >= 0.6 is 0 Å². The van der Waals surface area contributed by atoms with Crippen molar-refractivity contribution in [2.24, 2.45) is 0 Å². The van der Waals surface area contributed by atoms with Crippen molar-refractivity contribution in [3.05, 3.63) is 94.5 Å². The van der Waals surface area contributed by atoms with Crippen molar-refractivity contribution >= 4 is 17.8 Å². The van der Waals surface area contributed by atoms with E-state index in [0.29, 0.717) is 0 Å². The Labute approximate surface area is 199 Å². The molecule has 0 spiro atoms. The summed E-state index contributed by atoms with van der Waals surface area (Å²) in [6, 6.07) is 16.8. The molecule has 9 nitrogen and oxygen atoms in total. The Morgan fingerprint density at radius 3 is 2.06 bits per heavy atom. The Bertz CT molecular complexity index is 1210. The van der Waals surface area contributed by atoms with E-state index in [2.05, 4.69) is 4.98 Å². The summed E-state index contributed by atoms with van der Waals surface area (Å²) in [5.74, 6) is -5.01. The van der Waals surface area contributed by atoms with E-state index in [-0.39, 0.29) is 16.9 Å². The van der Waals surface area contributed by atoms with Crippen LogP contribution in [0.2, 0.25) is 0 Å². The largest absolute Gasteiger partial charge is 0.457 e. The number of rotatable bonds is 10. The second kappa shape index (κ2) is 11.3. The summed E-state index contributed by atoms with van der Waals surface area (Å²) >= 11 is 0. The molecule has 0 unspecified atom stereocenters. The zero-order chi connectivity index (χ0) is 25.4. The standard InChI is InChI=1S/C24H23F2N3O6/c1-16(25)24(26,15-34-22(31)18-10-6-3-7-11-18)35-20(29-13-12-19(27)28-23(29)32)14-33-21(30)17-8-4-2-5-9-17/h2-13,16,20H,14-15H2,1H3,(H2,27,28,32)/t16-,20+,24+/m0/s1. The fourth-order valence-electron chi connectivity index (χ4n) is 2.91. The second-order valence-electron chi connectivity index (χ2n) is 7.42. The molecule has 1 heterocycles. The first kappa shape index (κ1) is 25.5. The van der Waals surface area contributed by atoms with Crippen LogP contribution in [0.4, 0.5) is 14.6 Å². The zero-order valence-corrected chi connectivity index (χ0v) is 18.7. The van der Waals surface area contributed by atoms with E-state index in [0.717, 1.165) is 17.7 Å². The normalized spacial score (nSPS) is 14.4. The molecule has 1 aromatic heterocycles. The molecule has 3 aromatic rings. The summed E-state index contributed by atoms with van der Waals surface area (Å²) in [7, 11) is 0. The van der Waals surface area contributed by atoms with Gasteiger partial charge in [-0.1, -0.05) is 36.4 Å². The van der Waals surface area contributed by atoms with Gasteiger partial charge in [-0.05, 0) is 37.3 Å².